The first kappa shape index (κ1) is 17.5. The Morgan fingerprint density at radius 1 is 1.22 bits per heavy atom. The van der Waals surface area contributed by atoms with E-state index in [1.165, 1.54) is 17.5 Å². The summed E-state index contributed by atoms with van der Waals surface area (Å²) in [6, 6.07) is 11.3. The van der Waals surface area contributed by atoms with Gasteiger partial charge < -0.3 is 16.4 Å². The van der Waals surface area contributed by atoms with E-state index in [0.29, 0.717) is 29.2 Å². The number of nitrogens with zero attached hydrogens (tertiary/aromatic N) is 2. The van der Waals surface area contributed by atoms with Crippen LogP contribution in [0.2, 0.25) is 0 Å². The molecule has 1 saturated heterocycles. The topological polar surface area (TPSA) is 102 Å². The number of nitrogens with two attached hydrogens (primary N) is 2. The first-order valence-corrected chi connectivity index (χ1v) is 9.69. The van der Waals surface area contributed by atoms with Crippen LogP contribution in [-0.4, -0.2) is 34.3 Å². The number of hydrogen-bond donors (Lipinski definition) is 2. The van der Waals surface area contributed by atoms with Crippen LogP contribution in [0.5, 0.6) is 0 Å². The first-order valence-electron chi connectivity index (χ1n) is 8.87. The van der Waals surface area contributed by atoms with Gasteiger partial charge in [0, 0.05) is 23.5 Å². The van der Waals surface area contributed by atoms with Crippen LogP contribution in [0, 0.1) is 0 Å². The molecule has 4 rings (SSSR count). The largest absolute Gasteiger partial charge is 0.384 e. The Balaban J connectivity index is 1.65. The molecular weight excluding hydrogens is 360 g/mol. The van der Waals surface area contributed by atoms with Crippen LogP contribution in [0.1, 0.15) is 38.4 Å². The summed E-state index contributed by atoms with van der Waals surface area (Å²) in [5, 5.41) is 1.05. The molecule has 0 saturated carbocycles. The van der Waals surface area contributed by atoms with Gasteiger partial charge >= 0.3 is 0 Å². The Bertz CT molecular complexity index is 1010. The molecule has 27 heavy (non-hydrogen) atoms. The van der Waals surface area contributed by atoms with Crippen molar-refractivity contribution in [3.05, 3.63) is 58.6 Å². The summed E-state index contributed by atoms with van der Waals surface area (Å²) in [5.41, 5.74) is 12.7. The van der Waals surface area contributed by atoms with Crippen molar-refractivity contribution in [2.24, 2.45) is 5.73 Å². The number of thiophene rings is 1. The number of fused-ring (bicyclic) bond motifs is 1. The van der Waals surface area contributed by atoms with Gasteiger partial charge in [-0.2, -0.15) is 0 Å². The first-order chi connectivity index (χ1) is 13.0. The Morgan fingerprint density at radius 2 is 2.04 bits per heavy atom. The molecule has 3 aromatic rings. The molecule has 0 radical (unpaired) electrons. The Morgan fingerprint density at radius 3 is 2.78 bits per heavy atom. The molecule has 2 aromatic heterocycles. The minimum Gasteiger partial charge on any atom is -0.384 e. The van der Waals surface area contributed by atoms with Crippen LogP contribution >= 0.6 is 11.3 Å². The fourth-order valence-corrected chi connectivity index (χ4v) is 4.83. The highest BCUT2D eigenvalue weighted by Crippen LogP contribution is 2.34. The predicted molar refractivity (Wildman–Crippen MR) is 107 cm³/mol. The molecule has 1 aliphatic heterocycles. The smallest absolute Gasteiger partial charge is 0.259 e. The number of aromatic nitrogens is 1. The minimum atomic E-state index is -0.412. The quantitative estimate of drug-likeness (QED) is 0.726. The average Bonchev–Trinajstić information content (AvgIpc) is 3.27. The maximum absolute atomic E-state index is 12.9. The zero-order valence-corrected chi connectivity index (χ0v) is 15.5. The third-order valence-corrected chi connectivity index (χ3v) is 6.26. The van der Waals surface area contributed by atoms with Crippen LogP contribution in [0.25, 0.3) is 10.1 Å². The molecule has 0 bridgehead atoms. The lowest BCUT2D eigenvalue weighted by molar-refractivity contribution is 0.0736. The summed E-state index contributed by atoms with van der Waals surface area (Å²) in [7, 11) is 0. The summed E-state index contributed by atoms with van der Waals surface area (Å²) in [4.78, 5) is 31.4. The maximum atomic E-state index is 12.9. The number of likely N-dealkylation sites (tertiary alicyclic amines) is 1. The van der Waals surface area contributed by atoms with E-state index >= 15 is 0 Å². The predicted octanol–water partition coefficient (Wildman–Crippen LogP) is 2.82. The summed E-state index contributed by atoms with van der Waals surface area (Å²) < 4.78 is 1.04. The van der Waals surface area contributed by atoms with E-state index in [2.05, 4.69) is 4.98 Å². The number of anilines is 1. The molecule has 6 nitrogen and oxygen atoms in total. The van der Waals surface area contributed by atoms with Crippen molar-refractivity contribution in [1.82, 2.24) is 9.88 Å². The van der Waals surface area contributed by atoms with Gasteiger partial charge in [-0.3, -0.25) is 9.59 Å². The lowest BCUT2D eigenvalue weighted by Gasteiger charge is -2.25. The van der Waals surface area contributed by atoms with Gasteiger partial charge in [0.1, 0.15) is 5.82 Å². The second-order valence-corrected chi connectivity index (χ2v) is 7.79. The van der Waals surface area contributed by atoms with Crippen molar-refractivity contribution < 1.29 is 9.59 Å². The number of amides is 2. The lowest BCUT2D eigenvalue weighted by atomic mass is 10.00. The molecule has 0 unspecified atom stereocenters. The monoisotopic (exact) mass is 380 g/mol. The van der Waals surface area contributed by atoms with Crippen molar-refractivity contribution in [3.63, 3.8) is 0 Å². The van der Waals surface area contributed by atoms with E-state index < -0.39 is 5.91 Å². The van der Waals surface area contributed by atoms with E-state index in [4.69, 9.17) is 11.5 Å². The van der Waals surface area contributed by atoms with Crippen LogP contribution < -0.4 is 11.5 Å². The minimum absolute atomic E-state index is 0.0335. The number of hydrogen-bond acceptors (Lipinski definition) is 5. The van der Waals surface area contributed by atoms with Crippen molar-refractivity contribution in [2.45, 2.75) is 25.3 Å². The molecule has 2 amide bonds. The zero-order chi connectivity index (χ0) is 19.0. The van der Waals surface area contributed by atoms with Gasteiger partial charge in [-0.05, 0) is 48.4 Å². The molecule has 1 aliphatic rings. The standard InChI is InChI=1S/C20H20N4O2S/c21-17-8-7-12(11-23-17)20(26)24-9-3-4-13(24)10-15-14-5-1-2-6-16(14)27-18(15)19(22)25/h1-2,5-8,11,13H,3-4,9-10H2,(H2,21,23)(H2,22,25)/t13-/m0/s1. The Kier molecular flexibility index (Phi) is 4.53. The van der Waals surface area contributed by atoms with Crippen LogP contribution in [0.3, 0.4) is 0 Å². The van der Waals surface area contributed by atoms with Gasteiger partial charge in [-0.1, -0.05) is 18.2 Å². The normalized spacial score (nSPS) is 16.7. The van der Waals surface area contributed by atoms with Gasteiger partial charge in [0.15, 0.2) is 0 Å². The third-order valence-electron chi connectivity index (χ3n) is 5.03. The Hall–Kier alpha value is -2.93. The molecular formula is C20H20N4O2S. The number of carbonyl (C=O) groups is 2. The molecule has 1 atom stereocenters. The second-order valence-electron chi connectivity index (χ2n) is 6.74. The van der Waals surface area contributed by atoms with Crippen molar-refractivity contribution >= 4 is 39.1 Å². The number of benzene rings is 1. The highest BCUT2D eigenvalue weighted by Gasteiger charge is 2.31. The molecule has 138 valence electrons. The number of carbonyl (C=O) groups excluding carboxylic acids is 2. The van der Waals surface area contributed by atoms with Gasteiger partial charge in [0.25, 0.3) is 11.8 Å². The van der Waals surface area contributed by atoms with Crippen molar-refractivity contribution in [2.75, 3.05) is 12.3 Å². The van der Waals surface area contributed by atoms with Gasteiger partial charge in [-0.15, -0.1) is 11.3 Å². The lowest BCUT2D eigenvalue weighted by Crippen LogP contribution is -2.37. The molecule has 0 aliphatic carbocycles. The van der Waals surface area contributed by atoms with E-state index in [1.54, 1.807) is 12.1 Å². The molecule has 1 fully saturated rings. The highest BCUT2D eigenvalue weighted by molar-refractivity contribution is 7.21. The fraction of sp³-hybridized carbons (Fsp3) is 0.250. The van der Waals surface area contributed by atoms with Crippen LogP contribution in [0.15, 0.2) is 42.6 Å². The average molecular weight is 380 g/mol. The summed E-state index contributed by atoms with van der Waals surface area (Å²) >= 11 is 1.42. The molecule has 4 N–H and O–H groups in total. The van der Waals surface area contributed by atoms with E-state index in [9.17, 15) is 9.59 Å². The van der Waals surface area contributed by atoms with Crippen molar-refractivity contribution in [1.29, 1.82) is 0 Å². The number of pyridine rings is 1. The van der Waals surface area contributed by atoms with E-state index in [1.807, 2.05) is 29.2 Å². The summed E-state index contributed by atoms with van der Waals surface area (Å²) in [6.07, 6.45) is 3.97. The van der Waals surface area contributed by atoms with Gasteiger partial charge in [0.05, 0.1) is 10.4 Å². The highest BCUT2D eigenvalue weighted by atomic mass is 32.1. The molecule has 0 spiro atoms. The van der Waals surface area contributed by atoms with Gasteiger partial charge in [-0.25, -0.2) is 4.98 Å². The molecule has 1 aromatic carbocycles. The summed E-state index contributed by atoms with van der Waals surface area (Å²) in [5.74, 6) is -0.0738. The summed E-state index contributed by atoms with van der Waals surface area (Å²) in [6.45, 7) is 0.696. The maximum Gasteiger partial charge on any atom is 0.259 e. The van der Waals surface area contributed by atoms with Crippen LogP contribution in [0.4, 0.5) is 5.82 Å². The fourth-order valence-electron chi connectivity index (χ4n) is 3.75. The number of rotatable bonds is 4. The van der Waals surface area contributed by atoms with Crippen LogP contribution in [-0.2, 0) is 6.42 Å². The zero-order valence-electron chi connectivity index (χ0n) is 14.7. The van der Waals surface area contributed by atoms with Gasteiger partial charge in [0.2, 0.25) is 0 Å². The number of nitrogen functional groups attached to an aromatic ring is 1. The van der Waals surface area contributed by atoms with Crippen molar-refractivity contribution in [3.8, 4) is 0 Å². The Labute approximate surface area is 160 Å². The molecule has 7 heteroatoms. The van der Waals surface area contributed by atoms with E-state index in [-0.39, 0.29) is 11.9 Å². The number of primary amides is 1. The second kappa shape index (κ2) is 7.00. The third kappa shape index (κ3) is 3.26. The SMILES string of the molecule is NC(=O)c1sc2ccccc2c1C[C@@H]1CCCN1C(=O)c1ccc(N)nc1. The van der Waals surface area contributed by atoms with E-state index in [0.717, 1.165) is 28.5 Å². The molecule has 3 heterocycles.